The summed E-state index contributed by atoms with van der Waals surface area (Å²) >= 11 is -0.543. The molecule has 0 aromatic heterocycles. The van der Waals surface area contributed by atoms with Crippen molar-refractivity contribution in [3.05, 3.63) is 64.0 Å². The van der Waals surface area contributed by atoms with Gasteiger partial charge in [-0.1, -0.05) is 0 Å². The molecule has 3 aliphatic carbocycles. The van der Waals surface area contributed by atoms with E-state index in [9.17, 15) is 0 Å². The molecule has 0 unspecified atom stereocenters. The van der Waals surface area contributed by atoms with Crippen LogP contribution in [0.2, 0.25) is 0 Å². The van der Waals surface area contributed by atoms with Crippen LogP contribution in [0.15, 0.2) is 64.0 Å². The monoisotopic (exact) mass is 352 g/mol. The molecule has 90 valence electrons. The number of rotatable bonds is 2. The molecule has 0 radical (unpaired) electrons. The molecule has 3 heteroatoms. The summed E-state index contributed by atoms with van der Waals surface area (Å²) in [5.41, 5.74) is 2.84. The maximum atomic E-state index is 2.33. The fourth-order valence-corrected chi connectivity index (χ4v) is 5.17. The Labute approximate surface area is 132 Å². The number of hydrogen-bond acceptors (Lipinski definition) is 0. The van der Waals surface area contributed by atoms with E-state index in [1.54, 1.807) is 6.55 Å². The van der Waals surface area contributed by atoms with Crippen LogP contribution in [0.5, 0.6) is 0 Å². The van der Waals surface area contributed by atoms with E-state index in [4.69, 9.17) is 0 Å². The largest absolute Gasteiger partial charge is 1.00 e. The summed E-state index contributed by atoms with van der Waals surface area (Å²) in [5, 5.41) is 0. The van der Waals surface area contributed by atoms with Gasteiger partial charge in [0.2, 0.25) is 0 Å². The maximum absolute atomic E-state index is 2.33. The third-order valence-corrected chi connectivity index (χ3v) is 6.29. The standard InChI is InChI=1S/C10H7.C5H5.2ClH.Zr/c1-2-5-9-7-4-8-10(9)6-3-1;1-2-4-5-3-1;;;/h1-7H;1-3H,4H2;2*1H;/q;;;;+2/p-2. The minimum atomic E-state index is -0.543. The van der Waals surface area contributed by atoms with Crippen LogP contribution in [0.4, 0.5) is 0 Å². The predicted octanol–water partition coefficient (Wildman–Crippen LogP) is -2.65. The molecule has 0 atom stereocenters. The van der Waals surface area contributed by atoms with Gasteiger partial charge in [-0.2, -0.15) is 0 Å². The number of fused-ring (bicyclic) bond motifs is 1. The Morgan fingerprint density at radius 1 is 0.889 bits per heavy atom. The summed E-state index contributed by atoms with van der Waals surface area (Å²) in [5.74, 6) is 0. The molecular weight excluding hydrogens is 342 g/mol. The zero-order valence-electron chi connectivity index (χ0n) is 9.74. The molecule has 0 bridgehead atoms. The Balaban J connectivity index is 0.000000810. The van der Waals surface area contributed by atoms with Crippen LogP contribution in [-0.4, -0.2) is 0 Å². The van der Waals surface area contributed by atoms with Gasteiger partial charge >= 0.3 is 108 Å². The van der Waals surface area contributed by atoms with Gasteiger partial charge in [0.05, 0.1) is 0 Å². The molecule has 0 aromatic carbocycles. The molecule has 0 saturated heterocycles. The molecule has 0 fully saturated rings. The molecule has 0 saturated carbocycles. The summed E-state index contributed by atoms with van der Waals surface area (Å²) in [4.78, 5) is 0. The average Bonchev–Trinajstić information content (AvgIpc) is 2.86. The number of allylic oxidation sites excluding steroid dienone is 4. The summed E-state index contributed by atoms with van der Waals surface area (Å²) in [6, 6.07) is 15.4. The molecular formula is C15H12Cl2Zr. The molecule has 3 aliphatic rings. The zero-order valence-corrected chi connectivity index (χ0v) is 13.7. The quantitative estimate of drug-likeness (QED) is 0.553. The molecule has 0 aliphatic heterocycles. The van der Waals surface area contributed by atoms with E-state index < -0.39 is 23.2 Å². The van der Waals surface area contributed by atoms with E-state index in [0.717, 1.165) is 0 Å². The minimum Gasteiger partial charge on any atom is -1.00 e. The predicted molar refractivity (Wildman–Crippen MR) is 64.5 cm³/mol. The summed E-state index contributed by atoms with van der Waals surface area (Å²) in [7, 11) is 0. The molecule has 0 aromatic rings. The Morgan fingerprint density at radius 3 is 2.50 bits per heavy atom. The van der Waals surface area contributed by atoms with Gasteiger partial charge in [0.1, 0.15) is 0 Å². The van der Waals surface area contributed by atoms with Crippen molar-refractivity contribution in [2.75, 3.05) is 0 Å². The van der Waals surface area contributed by atoms with Crippen molar-refractivity contribution in [1.29, 1.82) is 0 Å². The van der Waals surface area contributed by atoms with E-state index in [-0.39, 0.29) is 24.8 Å². The first-order valence-electron chi connectivity index (χ1n) is 5.54. The Kier molecular flexibility index (Phi) is 6.35. The third-order valence-electron chi connectivity index (χ3n) is 2.86. The molecule has 3 rings (SSSR count). The van der Waals surface area contributed by atoms with E-state index >= 15 is 0 Å². The van der Waals surface area contributed by atoms with Gasteiger partial charge in [-0.15, -0.1) is 0 Å². The topological polar surface area (TPSA) is 0 Å². The van der Waals surface area contributed by atoms with Crippen molar-refractivity contribution in [2.45, 2.75) is 6.42 Å². The van der Waals surface area contributed by atoms with Gasteiger partial charge in [0, 0.05) is 0 Å². The molecule has 0 N–H and O–H groups in total. The zero-order chi connectivity index (χ0) is 10.8. The van der Waals surface area contributed by atoms with Crippen molar-refractivity contribution in [3.63, 3.8) is 0 Å². The first kappa shape index (κ1) is 15.7. The van der Waals surface area contributed by atoms with E-state index in [0.29, 0.717) is 0 Å². The normalized spacial score (nSPS) is 12.3. The Bertz CT molecular complexity index is 546. The van der Waals surface area contributed by atoms with Crippen LogP contribution in [0.1, 0.15) is 6.42 Å². The van der Waals surface area contributed by atoms with Crippen molar-refractivity contribution in [3.8, 4) is 11.1 Å². The Morgan fingerprint density at radius 2 is 1.72 bits per heavy atom. The molecule has 18 heavy (non-hydrogen) atoms. The van der Waals surface area contributed by atoms with Crippen molar-refractivity contribution >= 4 is 3.27 Å². The van der Waals surface area contributed by atoms with Gasteiger partial charge in [-0.25, -0.2) is 0 Å². The molecule has 0 heterocycles. The maximum Gasteiger partial charge on any atom is -1.00 e. The van der Waals surface area contributed by atoms with Gasteiger partial charge in [-0.3, -0.25) is 0 Å². The van der Waals surface area contributed by atoms with Crippen LogP contribution < -0.4 is 28.1 Å². The van der Waals surface area contributed by atoms with Gasteiger partial charge in [0.25, 0.3) is 0 Å². The van der Waals surface area contributed by atoms with E-state index in [1.165, 1.54) is 17.5 Å². The van der Waals surface area contributed by atoms with Crippen LogP contribution in [-0.2, 0) is 23.2 Å². The second-order valence-electron chi connectivity index (χ2n) is 3.98. The van der Waals surface area contributed by atoms with Gasteiger partial charge < -0.3 is 24.8 Å². The third kappa shape index (κ3) is 3.35. The van der Waals surface area contributed by atoms with Gasteiger partial charge in [-0.05, 0) is 0 Å². The SMILES string of the molecule is C1=CC[C]([Zr+2][c]2ccc3cccccc2-3)=C1.[Cl-].[Cl-]. The van der Waals surface area contributed by atoms with Crippen molar-refractivity contribution in [2.24, 2.45) is 0 Å². The van der Waals surface area contributed by atoms with E-state index in [2.05, 4.69) is 60.7 Å². The fourth-order valence-electron chi connectivity index (χ4n) is 2.04. The molecule has 0 amide bonds. The second kappa shape index (κ2) is 7.29. The number of hydrogen-bond donors (Lipinski definition) is 0. The summed E-state index contributed by atoms with van der Waals surface area (Å²) in [6.07, 6.45) is 7.97. The van der Waals surface area contributed by atoms with Crippen LogP contribution in [0.25, 0.3) is 11.1 Å². The summed E-state index contributed by atoms with van der Waals surface area (Å²) < 4.78 is 3.30. The first-order valence-corrected chi connectivity index (χ1v) is 8.00. The van der Waals surface area contributed by atoms with Crippen LogP contribution in [0, 0.1) is 0 Å². The Hall–Kier alpha value is -0.357. The van der Waals surface area contributed by atoms with Crippen molar-refractivity contribution < 1.29 is 48.0 Å². The van der Waals surface area contributed by atoms with E-state index in [1.807, 2.05) is 0 Å². The van der Waals surface area contributed by atoms with Crippen LogP contribution >= 0.6 is 0 Å². The minimum absolute atomic E-state index is 0. The fraction of sp³-hybridized carbons (Fsp3) is 0.0667. The molecule has 0 nitrogen and oxygen atoms in total. The number of halogens is 2. The smallest absolute Gasteiger partial charge is 1.00 e. The first-order chi connectivity index (χ1) is 7.93. The van der Waals surface area contributed by atoms with Crippen LogP contribution in [0.3, 0.4) is 0 Å². The van der Waals surface area contributed by atoms with Gasteiger partial charge in [0.15, 0.2) is 0 Å². The summed E-state index contributed by atoms with van der Waals surface area (Å²) in [6.45, 7) is 0. The second-order valence-corrected chi connectivity index (χ2v) is 7.49. The average molecular weight is 354 g/mol. The molecule has 0 spiro atoms. The van der Waals surface area contributed by atoms with Crippen molar-refractivity contribution in [1.82, 2.24) is 0 Å².